The minimum absolute atomic E-state index is 0.0677. The number of esters is 2. The van der Waals surface area contributed by atoms with Crippen molar-refractivity contribution >= 4 is 11.9 Å². The number of ether oxygens (including phenoxy) is 7. The third-order valence-corrected chi connectivity index (χ3v) is 3.91. The highest BCUT2D eigenvalue weighted by Gasteiger charge is 2.02. The summed E-state index contributed by atoms with van der Waals surface area (Å²) in [5, 5.41) is 0. The molecule has 0 unspecified atom stereocenters. The highest BCUT2D eigenvalue weighted by Crippen LogP contribution is 2.05. The fourth-order valence-corrected chi connectivity index (χ4v) is 2.25. The Morgan fingerprint density at radius 3 is 1.53 bits per heavy atom. The molecule has 0 aromatic rings. The summed E-state index contributed by atoms with van der Waals surface area (Å²) in [5.41, 5.74) is 0. The van der Waals surface area contributed by atoms with E-state index in [0.29, 0.717) is 65.9 Å². The summed E-state index contributed by atoms with van der Waals surface area (Å²) in [7, 11) is 1.31. The molecule has 178 valence electrons. The van der Waals surface area contributed by atoms with E-state index in [2.05, 4.69) is 11.7 Å². The van der Waals surface area contributed by atoms with Gasteiger partial charge in [0.15, 0.2) is 0 Å². The topological polar surface area (TPSA) is 98.8 Å². The van der Waals surface area contributed by atoms with Crippen molar-refractivity contribution in [1.29, 1.82) is 0 Å². The van der Waals surface area contributed by atoms with Crippen LogP contribution in [0.15, 0.2) is 0 Å². The molecular weight excluding hydrogens is 396 g/mol. The van der Waals surface area contributed by atoms with Crippen LogP contribution < -0.4 is 0 Å². The Kier molecular flexibility index (Phi) is 23.0. The lowest BCUT2D eigenvalue weighted by atomic mass is 10.1. The van der Waals surface area contributed by atoms with Crippen molar-refractivity contribution in [3.8, 4) is 0 Å². The Bertz CT molecular complexity index is 391. The molecule has 0 rings (SSSR count). The fraction of sp³-hybridized carbons (Fsp3) is 0.905. The number of carbonyl (C=O) groups excluding carboxylic acids is 2. The highest BCUT2D eigenvalue weighted by atomic mass is 16.6. The Morgan fingerprint density at radius 1 is 0.567 bits per heavy atom. The van der Waals surface area contributed by atoms with Gasteiger partial charge in [-0.25, -0.2) is 4.79 Å². The van der Waals surface area contributed by atoms with E-state index in [1.165, 1.54) is 26.4 Å². The predicted molar refractivity (Wildman–Crippen MR) is 110 cm³/mol. The molecule has 0 N–H and O–H groups in total. The molecular formula is C21H40O9. The molecule has 0 aromatic carbocycles. The number of hydrogen-bond acceptors (Lipinski definition) is 9. The third kappa shape index (κ3) is 23.0. The molecule has 30 heavy (non-hydrogen) atoms. The molecule has 0 aliphatic carbocycles. The van der Waals surface area contributed by atoms with Crippen LogP contribution in [0.4, 0.5) is 0 Å². The van der Waals surface area contributed by atoms with Gasteiger partial charge in [0.2, 0.25) is 0 Å². The maximum absolute atomic E-state index is 11.5. The number of carbonyl (C=O) groups is 2. The first-order chi connectivity index (χ1) is 14.7. The molecule has 0 saturated carbocycles. The first-order valence-electron chi connectivity index (χ1n) is 10.8. The van der Waals surface area contributed by atoms with Gasteiger partial charge in [0.05, 0.1) is 66.6 Å². The first-order valence-corrected chi connectivity index (χ1v) is 10.8. The van der Waals surface area contributed by atoms with E-state index in [-0.39, 0.29) is 19.2 Å². The van der Waals surface area contributed by atoms with Gasteiger partial charge in [-0.05, 0) is 6.42 Å². The van der Waals surface area contributed by atoms with E-state index in [9.17, 15) is 9.59 Å². The fourth-order valence-electron chi connectivity index (χ4n) is 2.25. The van der Waals surface area contributed by atoms with Crippen molar-refractivity contribution < 1.29 is 42.7 Å². The van der Waals surface area contributed by atoms with Gasteiger partial charge in [-0.2, -0.15) is 0 Å². The zero-order valence-electron chi connectivity index (χ0n) is 18.7. The van der Waals surface area contributed by atoms with Crippen LogP contribution in [0.1, 0.15) is 45.4 Å². The molecule has 0 aliphatic rings. The summed E-state index contributed by atoms with van der Waals surface area (Å²) in [6.45, 7) is 6.24. The van der Waals surface area contributed by atoms with Crippen LogP contribution in [-0.2, 0) is 42.7 Å². The zero-order chi connectivity index (χ0) is 22.1. The Labute approximate surface area is 180 Å². The zero-order valence-corrected chi connectivity index (χ0v) is 18.7. The Hall–Kier alpha value is -1.26. The standard InChI is InChI=1S/C21H40O9/c1-3-4-5-6-7-8-20(22)30-18-17-28-14-13-26-10-9-25-11-12-27-15-16-29-19-21(23)24-2/h3-19H2,1-2H3. The molecule has 0 aromatic heterocycles. The van der Waals surface area contributed by atoms with Gasteiger partial charge in [0.1, 0.15) is 13.2 Å². The van der Waals surface area contributed by atoms with Gasteiger partial charge < -0.3 is 33.2 Å². The van der Waals surface area contributed by atoms with Crippen molar-refractivity contribution in [3.63, 3.8) is 0 Å². The molecule has 0 heterocycles. The quantitative estimate of drug-likeness (QED) is 0.176. The van der Waals surface area contributed by atoms with E-state index in [4.69, 9.17) is 28.4 Å². The Morgan fingerprint density at radius 2 is 1.03 bits per heavy atom. The molecule has 0 amide bonds. The van der Waals surface area contributed by atoms with Gasteiger partial charge in [-0.15, -0.1) is 0 Å². The van der Waals surface area contributed by atoms with E-state index < -0.39 is 5.97 Å². The largest absolute Gasteiger partial charge is 0.467 e. The maximum atomic E-state index is 11.5. The lowest BCUT2D eigenvalue weighted by Gasteiger charge is -2.08. The summed E-state index contributed by atoms with van der Waals surface area (Å²) < 4.78 is 36.0. The van der Waals surface area contributed by atoms with E-state index in [1.54, 1.807) is 0 Å². The monoisotopic (exact) mass is 436 g/mol. The van der Waals surface area contributed by atoms with Crippen molar-refractivity contribution in [2.75, 3.05) is 79.8 Å². The molecule has 0 fully saturated rings. The average molecular weight is 437 g/mol. The van der Waals surface area contributed by atoms with Crippen LogP contribution in [0.5, 0.6) is 0 Å². The van der Waals surface area contributed by atoms with Crippen molar-refractivity contribution in [2.45, 2.75) is 45.4 Å². The molecule has 0 aliphatic heterocycles. The van der Waals surface area contributed by atoms with Crippen molar-refractivity contribution in [3.05, 3.63) is 0 Å². The molecule has 9 nitrogen and oxygen atoms in total. The van der Waals surface area contributed by atoms with Gasteiger partial charge in [0, 0.05) is 6.42 Å². The van der Waals surface area contributed by atoms with Crippen LogP contribution in [0.25, 0.3) is 0 Å². The Balaban J connectivity index is 3.12. The molecule has 0 bridgehead atoms. The summed E-state index contributed by atoms with van der Waals surface area (Å²) in [5.74, 6) is -0.558. The number of hydrogen-bond donors (Lipinski definition) is 0. The average Bonchev–Trinajstić information content (AvgIpc) is 2.75. The summed E-state index contributed by atoms with van der Waals surface area (Å²) in [6.07, 6.45) is 6.07. The van der Waals surface area contributed by atoms with E-state index in [0.717, 1.165) is 12.8 Å². The van der Waals surface area contributed by atoms with Gasteiger partial charge >= 0.3 is 11.9 Å². The van der Waals surface area contributed by atoms with Crippen molar-refractivity contribution in [2.24, 2.45) is 0 Å². The predicted octanol–water partition coefficient (Wildman–Crippen LogP) is 2.15. The molecule has 0 saturated heterocycles. The first kappa shape index (κ1) is 28.7. The number of unbranched alkanes of at least 4 members (excludes halogenated alkanes) is 4. The molecule has 0 atom stereocenters. The smallest absolute Gasteiger partial charge is 0.331 e. The van der Waals surface area contributed by atoms with Crippen LogP contribution in [0.2, 0.25) is 0 Å². The summed E-state index contributed by atoms with van der Waals surface area (Å²) in [4.78, 5) is 22.3. The lowest BCUT2D eigenvalue weighted by Crippen LogP contribution is -2.16. The second-order valence-electron chi connectivity index (χ2n) is 6.46. The third-order valence-electron chi connectivity index (χ3n) is 3.91. The maximum Gasteiger partial charge on any atom is 0.331 e. The van der Waals surface area contributed by atoms with Gasteiger partial charge in [-0.1, -0.05) is 32.6 Å². The number of rotatable bonds is 23. The van der Waals surface area contributed by atoms with Gasteiger partial charge in [0.25, 0.3) is 0 Å². The molecule has 0 radical (unpaired) electrons. The van der Waals surface area contributed by atoms with E-state index in [1.807, 2.05) is 0 Å². The minimum Gasteiger partial charge on any atom is -0.467 e. The molecule has 0 spiro atoms. The lowest BCUT2D eigenvalue weighted by molar-refractivity contribution is -0.146. The minimum atomic E-state index is -0.407. The van der Waals surface area contributed by atoms with Crippen LogP contribution >= 0.6 is 0 Å². The second-order valence-corrected chi connectivity index (χ2v) is 6.46. The van der Waals surface area contributed by atoms with E-state index >= 15 is 0 Å². The van der Waals surface area contributed by atoms with Crippen LogP contribution in [0, 0.1) is 0 Å². The summed E-state index contributed by atoms with van der Waals surface area (Å²) in [6, 6.07) is 0. The van der Waals surface area contributed by atoms with Crippen LogP contribution in [0.3, 0.4) is 0 Å². The number of methoxy groups -OCH3 is 1. The van der Waals surface area contributed by atoms with Crippen LogP contribution in [-0.4, -0.2) is 91.7 Å². The normalized spacial score (nSPS) is 10.9. The summed E-state index contributed by atoms with van der Waals surface area (Å²) >= 11 is 0. The SMILES string of the molecule is CCCCCCCC(=O)OCCOCCOCCOCCOCCOCC(=O)OC. The van der Waals surface area contributed by atoms with Crippen molar-refractivity contribution in [1.82, 2.24) is 0 Å². The van der Waals surface area contributed by atoms with Gasteiger partial charge in [-0.3, -0.25) is 4.79 Å². The highest BCUT2D eigenvalue weighted by molar-refractivity contribution is 5.70. The molecule has 9 heteroatoms. The second kappa shape index (κ2) is 24.0.